The zero-order valence-corrected chi connectivity index (χ0v) is 19.3. The predicted octanol–water partition coefficient (Wildman–Crippen LogP) is 3.63. The molecule has 3 atom stereocenters. The van der Waals surface area contributed by atoms with Gasteiger partial charge in [0.1, 0.15) is 17.9 Å². The summed E-state index contributed by atoms with van der Waals surface area (Å²) in [5.41, 5.74) is 0.732. The summed E-state index contributed by atoms with van der Waals surface area (Å²) in [7, 11) is -3.77. The topological polar surface area (TPSA) is 89.5 Å². The molecule has 2 heterocycles. The number of rotatable bonds is 7. The van der Waals surface area contributed by atoms with Crippen LogP contribution in [-0.2, 0) is 29.9 Å². The van der Waals surface area contributed by atoms with Gasteiger partial charge in [-0.05, 0) is 41.7 Å². The SMILES string of the molecule is CC1OCC(=O)C1NC(=O)C(CC1CCCCC1)S(=O)(=O)Cc1csc2ccccc12. The fourth-order valence-electron chi connectivity index (χ4n) is 4.71. The number of ketones is 1. The normalized spacial score (nSPS) is 23.8. The predicted molar refractivity (Wildman–Crippen MR) is 122 cm³/mol. The van der Waals surface area contributed by atoms with E-state index in [-0.39, 0.29) is 24.1 Å². The molecule has 1 aliphatic heterocycles. The standard InChI is InChI=1S/C23H29NO5S2/c1-15-22(19(25)12-29-15)24-23(26)21(11-16-7-3-2-4-8-16)31(27,28)14-17-13-30-20-10-6-5-9-18(17)20/h5-6,9-10,13,15-16,21-22H,2-4,7-8,11-12,14H2,1H3,(H,24,26). The average molecular weight is 464 g/mol. The Kier molecular flexibility index (Phi) is 6.79. The largest absolute Gasteiger partial charge is 0.368 e. The van der Waals surface area contributed by atoms with Crippen molar-refractivity contribution in [2.75, 3.05) is 6.61 Å². The van der Waals surface area contributed by atoms with Crippen LogP contribution in [0.4, 0.5) is 0 Å². The van der Waals surface area contributed by atoms with E-state index in [1.165, 1.54) is 11.3 Å². The fraction of sp³-hybridized carbons (Fsp3) is 0.565. The highest BCUT2D eigenvalue weighted by Crippen LogP contribution is 2.32. The minimum Gasteiger partial charge on any atom is -0.368 e. The molecule has 1 N–H and O–H groups in total. The first-order chi connectivity index (χ1) is 14.8. The monoisotopic (exact) mass is 463 g/mol. The molecule has 8 heteroatoms. The van der Waals surface area contributed by atoms with Gasteiger partial charge in [-0.1, -0.05) is 50.3 Å². The van der Waals surface area contributed by atoms with Gasteiger partial charge in [0.15, 0.2) is 15.6 Å². The van der Waals surface area contributed by atoms with Crippen LogP contribution in [0.15, 0.2) is 29.6 Å². The number of carbonyl (C=O) groups is 2. The molecule has 1 saturated heterocycles. The van der Waals surface area contributed by atoms with Crippen LogP contribution >= 0.6 is 11.3 Å². The lowest BCUT2D eigenvalue weighted by atomic mass is 9.86. The van der Waals surface area contributed by atoms with Crippen molar-refractivity contribution >= 4 is 43.0 Å². The zero-order chi connectivity index (χ0) is 22.0. The molecule has 3 unspecified atom stereocenters. The Balaban J connectivity index is 1.58. The van der Waals surface area contributed by atoms with Crippen LogP contribution < -0.4 is 5.32 Å². The summed E-state index contributed by atoms with van der Waals surface area (Å²) in [6, 6.07) is 6.93. The van der Waals surface area contributed by atoms with E-state index in [9.17, 15) is 18.0 Å². The van der Waals surface area contributed by atoms with Crippen LogP contribution in [0.2, 0.25) is 0 Å². The van der Waals surface area contributed by atoms with Crippen LogP contribution in [0.25, 0.3) is 10.1 Å². The summed E-state index contributed by atoms with van der Waals surface area (Å²) in [5, 5.41) is 4.33. The minimum absolute atomic E-state index is 0.0486. The number of fused-ring (bicyclic) bond motifs is 1. The van der Waals surface area contributed by atoms with Crippen molar-refractivity contribution in [3.8, 4) is 0 Å². The Hall–Kier alpha value is -1.77. The van der Waals surface area contributed by atoms with Crippen LogP contribution in [0.3, 0.4) is 0 Å². The van der Waals surface area contributed by atoms with Crippen LogP contribution in [0, 0.1) is 5.92 Å². The van der Waals surface area contributed by atoms with Gasteiger partial charge in [-0.3, -0.25) is 9.59 Å². The van der Waals surface area contributed by atoms with E-state index >= 15 is 0 Å². The molecule has 2 aromatic rings. The maximum atomic E-state index is 13.5. The second-order valence-electron chi connectivity index (χ2n) is 8.76. The van der Waals surface area contributed by atoms with Crippen LogP contribution in [-0.4, -0.2) is 44.1 Å². The molecule has 1 aromatic carbocycles. The van der Waals surface area contributed by atoms with Gasteiger partial charge in [-0.2, -0.15) is 0 Å². The summed E-state index contributed by atoms with van der Waals surface area (Å²) in [6.45, 7) is 1.67. The fourth-order valence-corrected chi connectivity index (χ4v) is 7.61. The summed E-state index contributed by atoms with van der Waals surface area (Å²) < 4.78 is 33.4. The number of nitrogens with one attached hydrogen (secondary N) is 1. The van der Waals surface area contributed by atoms with Gasteiger partial charge in [0.2, 0.25) is 5.91 Å². The van der Waals surface area contributed by atoms with Crippen molar-refractivity contribution < 1.29 is 22.7 Å². The Morgan fingerprint density at radius 3 is 2.68 bits per heavy atom. The third-order valence-corrected chi connectivity index (χ3v) is 9.52. The van der Waals surface area contributed by atoms with E-state index in [0.29, 0.717) is 6.42 Å². The highest BCUT2D eigenvalue weighted by molar-refractivity contribution is 7.92. The Labute approximate surface area is 187 Å². The van der Waals surface area contributed by atoms with Gasteiger partial charge in [0, 0.05) is 4.70 Å². The summed E-state index contributed by atoms with van der Waals surface area (Å²) in [5.74, 6) is -0.738. The first-order valence-electron chi connectivity index (χ1n) is 11.0. The molecule has 2 aliphatic rings. The quantitative estimate of drug-likeness (QED) is 0.677. The van der Waals surface area contributed by atoms with Crippen LogP contribution in [0.5, 0.6) is 0 Å². The van der Waals surface area contributed by atoms with E-state index in [0.717, 1.165) is 47.8 Å². The van der Waals surface area contributed by atoms with Crippen molar-refractivity contribution in [1.82, 2.24) is 5.32 Å². The van der Waals surface area contributed by atoms with Gasteiger partial charge in [-0.25, -0.2) is 8.42 Å². The molecule has 2 fully saturated rings. The summed E-state index contributed by atoms with van der Waals surface area (Å²) in [6.07, 6.45) is 5.06. The van der Waals surface area contributed by atoms with Crippen molar-refractivity contribution in [3.63, 3.8) is 0 Å². The van der Waals surface area contributed by atoms with Gasteiger partial charge in [0.05, 0.1) is 11.9 Å². The van der Waals surface area contributed by atoms with E-state index in [1.54, 1.807) is 6.92 Å². The number of ether oxygens (including phenoxy) is 1. The third-order valence-electron chi connectivity index (χ3n) is 6.52. The zero-order valence-electron chi connectivity index (χ0n) is 17.7. The van der Waals surface area contributed by atoms with Crippen molar-refractivity contribution in [3.05, 3.63) is 35.2 Å². The molecular weight excluding hydrogens is 434 g/mol. The molecule has 31 heavy (non-hydrogen) atoms. The third kappa shape index (κ3) is 5.02. The number of carbonyl (C=O) groups excluding carboxylic acids is 2. The molecule has 168 valence electrons. The van der Waals surface area contributed by atoms with E-state index in [4.69, 9.17) is 4.74 Å². The lowest BCUT2D eigenvalue weighted by Gasteiger charge is -2.27. The first kappa shape index (κ1) is 22.4. The van der Waals surface area contributed by atoms with E-state index in [1.807, 2.05) is 29.6 Å². The smallest absolute Gasteiger partial charge is 0.239 e. The second kappa shape index (κ2) is 9.38. The summed E-state index contributed by atoms with van der Waals surface area (Å²) in [4.78, 5) is 25.3. The highest BCUT2D eigenvalue weighted by atomic mass is 32.2. The molecule has 0 spiro atoms. The van der Waals surface area contributed by atoms with E-state index < -0.39 is 33.1 Å². The average Bonchev–Trinajstić information content (AvgIpc) is 3.30. The number of benzene rings is 1. The molecule has 1 aliphatic carbocycles. The van der Waals surface area contributed by atoms with Gasteiger partial charge in [0.25, 0.3) is 0 Å². The Bertz CT molecular complexity index is 1050. The number of hydrogen-bond donors (Lipinski definition) is 1. The maximum Gasteiger partial charge on any atom is 0.239 e. The molecule has 1 aromatic heterocycles. The highest BCUT2D eigenvalue weighted by Gasteiger charge is 2.40. The first-order valence-corrected chi connectivity index (χ1v) is 13.6. The molecule has 1 saturated carbocycles. The number of hydrogen-bond acceptors (Lipinski definition) is 6. The van der Waals surface area contributed by atoms with Crippen molar-refractivity contribution in [2.24, 2.45) is 5.92 Å². The lowest BCUT2D eigenvalue weighted by Crippen LogP contribution is -2.50. The Morgan fingerprint density at radius 1 is 1.23 bits per heavy atom. The van der Waals surface area contributed by atoms with Gasteiger partial charge in [-0.15, -0.1) is 11.3 Å². The summed E-state index contributed by atoms with van der Waals surface area (Å²) >= 11 is 1.51. The van der Waals surface area contributed by atoms with Gasteiger partial charge < -0.3 is 10.1 Å². The number of Topliss-reactive ketones (excluding diaryl/α,β-unsaturated/α-hetero) is 1. The number of thiophene rings is 1. The Morgan fingerprint density at radius 2 is 1.97 bits per heavy atom. The van der Waals surface area contributed by atoms with E-state index in [2.05, 4.69) is 5.32 Å². The molecule has 0 radical (unpaired) electrons. The van der Waals surface area contributed by atoms with Gasteiger partial charge >= 0.3 is 0 Å². The number of amides is 1. The molecular formula is C23H29NO5S2. The molecule has 0 bridgehead atoms. The molecule has 1 amide bonds. The van der Waals surface area contributed by atoms with Crippen LogP contribution in [0.1, 0.15) is 51.0 Å². The van der Waals surface area contributed by atoms with Crippen molar-refractivity contribution in [1.29, 1.82) is 0 Å². The minimum atomic E-state index is -3.77. The molecule has 4 rings (SSSR count). The maximum absolute atomic E-state index is 13.5. The van der Waals surface area contributed by atoms with Crippen molar-refractivity contribution in [2.45, 2.75) is 68.6 Å². The number of sulfone groups is 1. The lowest BCUT2D eigenvalue weighted by molar-refractivity contribution is -0.126. The molecule has 6 nitrogen and oxygen atoms in total. The second-order valence-corrected chi connectivity index (χ2v) is 11.9.